The summed E-state index contributed by atoms with van der Waals surface area (Å²) >= 11 is 0. The monoisotopic (exact) mass is 190 g/mol. The third kappa shape index (κ3) is 2.87. The summed E-state index contributed by atoms with van der Waals surface area (Å²) in [5.74, 6) is 0.914. The van der Waals surface area contributed by atoms with Crippen LogP contribution in [-0.4, -0.2) is 0 Å². The van der Waals surface area contributed by atoms with E-state index >= 15 is 0 Å². The predicted molar refractivity (Wildman–Crippen MR) is 63.6 cm³/mol. The molecule has 0 heteroatoms. The van der Waals surface area contributed by atoms with Crippen molar-refractivity contribution in [2.75, 3.05) is 0 Å². The Labute approximate surface area is 88.4 Å². The molecule has 0 aromatic heterocycles. The van der Waals surface area contributed by atoms with Gasteiger partial charge in [0.05, 0.1) is 0 Å². The summed E-state index contributed by atoms with van der Waals surface area (Å²) in [7, 11) is 0. The molecule has 78 valence electrons. The van der Waals surface area contributed by atoms with Crippen LogP contribution in [0.1, 0.15) is 44.7 Å². The van der Waals surface area contributed by atoms with Crippen LogP contribution in [0.25, 0.3) is 0 Å². The molecule has 0 saturated carbocycles. The number of rotatable bonds is 0. The summed E-state index contributed by atoms with van der Waals surface area (Å²) in [5.41, 5.74) is 3.17. The van der Waals surface area contributed by atoms with Gasteiger partial charge >= 0.3 is 0 Å². The van der Waals surface area contributed by atoms with Gasteiger partial charge in [-0.05, 0) is 42.7 Å². The van der Waals surface area contributed by atoms with Crippen molar-refractivity contribution < 1.29 is 0 Å². The highest BCUT2D eigenvalue weighted by Crippen LogP contribution is 2.23. The molecule has 0 amide bonds. The normalized spacial score (nSPS) is 16.2. The maximum Gasteiger partial charge on any atom is -0.0274 e. The van der Waals surface area contributed by atoms with Crippen molar-refractivity contribution in [2.24, 2.45) is 5.92 Å². The Balaban J connectivity index is 0.000000461. The van der Waals surface area contributed by atoms with Crippen LogP contribution < -0.4 is 0 Å². The van der Waals surface area contributed by atoms with Gasteiger partial charge in [0.1, 0.15) is 0 Å². The molecule has 14 heavy (non-hydrogen) atoms. The van der Waals surface area contributed by atoms with Gasteiger partial charge < -0.3 is 0 Å². The minimum absolute atomic E-state index is 0.914. The zero-order valence-corrected chi connectivity index (χ0v) is 9.72. The first-order chi connectivity index (χ1) is 6.86. The zero-order chi connectivity index (χ0) is 10.4. The lowest BCUT2D eigenvalue weighted by atomic mass is 10.0. The van der Waals surface area contributed by atoms with E-state index in [4.69, 9.17) is 0 Å². The van der Waals surface area contributed by atoms with Crippen LogP contribution in [0.2, 0.25) is 0 Å². The highest BCUT2D eigenvalue weighted by molar-refractivity contribution is 5.28. The second-order valence-corrected chi connectivity index (χ2v) is 3.95. The van der Waals surface area contributed by atoms with E-state index < -0.39 is 0 Å². The van der Waals surface area contributed by atoms with E-state index in [9.17, 15) is 0 Å². The SMILES string of the molecule is CC.CC1CCc2ccccc2CC1. The largest absolute Gasteiger partial charge is 0.0683 e. The molecule has 0 saturated heterocycles. The molecule has 1 aromatic carbocycles. The van der Waals surface area contributed by atoms with Gasteiger partial charge in [0.15, 0.2) is 0 Å². The summed E-state index contributed by atoms with van der Waals surface area (Å²) in [5, 5.41) is 0. The van der Waals surface area contributed by atoms with Gasteiger partial charge in [-0.25, -0.2) is 0 Å². The molecule has 0 spiro atoms. The molecule has 0 fully saturated rings. The van der Waals surface area contributed by atoms with E-state index in [1.807, 2.05) is 13.8 Å². The van der Waals surface area contributed by atoms with Crippen molar-refractivity contribution in [3.8, 4) is 0 Å². The average Bonchev–Trinajstić information content (AvgIpc) is 2.45. The van der Waals surface area contributed by atoms with Crippen LogP contribution in [0.4, 0.5) is 0 Å². The summed E-state index contributed by atoms with van der Waals surface area (Å²) in [4.78, 5) is 0. The summed E-state index contributed by atoms with van der Waals surface area (Å²) in [6, 6.07) is 8.89. The highest BCUT2D eigenvalue weighted by Gasteiger charge is 2.11. The molecule has 0 N–H and O–H groups in total. The Morgan fingerprint density at radius 2 is 1.36 bits per heavy atom. The first-order valence-corrected chi connectivity index (χ1v) is 5.93. The Bertz CT molecular complexity index is 235. The Morgan fingerprint density at radius 3 is 1.79 bits per heavy atom. The maximum atomic E-state index is 2.37. The molecular weight excluding hydrogens is 168 g/mol. The molecule has 0 heterocycles. The van der Waals surface area contributed by atoms with Crippen molar-refractivity contribution in [1.82, 2.24) is 0 Å². The molecule has 1 aliphatic rings. The van der Waals surface area contributed by atoms with Crippen LogP contribution in [0.3, 0.4) is 0 Å². The highest BCUT2D eigenvalue weighted by atomic mass is 14.2. The second-order valence-electron chi connectivity index (χ2n) is 3.95. The van der Waals surface area contributed by atoms with Crippen molar-refractivity contribution in [1.29, 1.82) is 0 Å². The molecule has 1 aliphatic carbocycles. The lowest BCUT2D eigenvalue weighted by molar-refractivity contribution is 0.510. The summed E-state index contributed by atoms with van der Waals surface area (Å²) in [6.45, 7) is 6.37. The van der Waals surface area contributed by atoms with Crippen molar-refractivity contribution in [2.45, 2.75) is 46.5 Å². The number of aryl methyl sites for hydroxylation is 2. The molecule has 0 radical (unpaired) electrons. The molecule has 0 nitrogen and oxygen atoms in total. The maximum absolute atomic E-state index is 2.37. The standard InChI is InChI=1S/C12H16.C2H6/c1-10-6-8-11-4-2-3-5-12(11)9-7-10;1-2/h2-5,10H,6-9H2,1H3;1-2H3. The van der Waals surface area contributed by atoms with Crippen molar-refractivity contribution in [3.05, 3.63) is 35.4 Å². The second kappa shape index (κ2) is 5.85. The molecule has 1 aromatic rings. The third-order valence-electron chi connectivity index (χ3n) is 2.93. The van der Waals surface area contributed by atoms with Gasteiger partial charge in [0.2, 0.25) is 0 Å². The smallest absolute Gasteiger partial charge is 0.0274 e. The van der Waals surface area contributed by atoms with Crippen LogP contribution in [0, 0.1) is 5.92 Å². The first-order valence-electron chi connectivity index (χ1n) is 5.93. The number of hydrogen-bond donors (Lipinski definition) is 0. The predicted octanol–water partition coefficient (Wildman–Crippen LogP) is 4.23. The van der Waals surface area contributed by atoms with Crippen LogP contribution in [0.15, 0.2) is 24.3 Å². The minimum Gasteiger partial charge on any atom is -0.0683 e. The first kappa shape index (κ1) is 11.3. The fourth-order valence-electron chi connectivity index (χ4n) is 1.99. The van der Waals surface area contributed by atoms with E-state index in [1.165, 1.54) is 25.7 Å². The van der Waals surface area contributed by atoms with Crippen LogP contribution in [-0.2, 0) is 12.8 Å². The molecular formula is C14H22. The fourth-order valence-corrected chi connectivity index (χ4v) is 1.99. The van der Waals surface area contributed by atoms with Gasteiger partial charge in [-0.2, -0.15) is 0 Å². The zero-order valence-electron chi connectivity index (χ0n) is 9.72. The van der Waals surface area contributed by atoms with Gasteiger partial charge in [-0.3, -0.25) is 0 Å². The molecule has 0 bridgehead atoms. The molecule has 0 aliphatic heterocycles. The van der Waals surface area contributed by atoms with E-state index in [0.717, 1.165) is 5.92 Å². The Hall–Kier alpha value is -0.780. The van der Waals surface area contributed by atoms with Gasteiger partial charge in [0.25, 0.3) is 0 Å². The minimum atomic E-state index is 0.914. The number of benzene rings is 1. The van der Waals surface area contributed by atoms with Crippen LogP contribution >= 0.6 is 0 Å². The van der Waals surface area contributed by atoms with Gasteiger partial charge in [-0.1, -0.05) is 45.0 Å². The van der Waals surface area contributed by atoms with Gasteiger partial charge in [0, 0.05) is 0 Å². The summed E-state index contributed by atoms with van der Waals surface area (Å²) < 4.78 is 0. The molecule has 2 rings (SSSR count). The van der Waals surface area contributed by atoms with E-state index in [-0.39, 0.29) is 0 Å². The Kier molecular flexibility index (Phi) is 4.72. The summed E-state index contributed by atoms with van der Waals surface area (Å²) in [6.07, 6.45) is 5.32. The number of hydrogen-bond acceptors (Lipinski definition) is 0. The molecule has 0 atom stereocenters. The van der Waals surface area contributed by atoms with Crippen molar-refractivity contribution in [3.63, 3.8) is 0 Å². The topological polar surface area (TPSA) is 0 Å². The molecule has 0 unspecified atom stereocenters. The van der Waals surface area contributed by atoms with Crippen molar-refractivity contribution >= 4 is 0 Å². The average molecular weight is 190 g/mol. The number of fused-ring (bicyclic) bond motifs is 1. The quantitative estimate of drug-likeness (QED) is 0.537. The lowest BCUT2D eigenvalue weighted by Gasteiger charge is -2.03. The lowest BCUT2D eigenvalue weighted by Crippen LogP contribution is -1.92. The van der Waals surface area contributed by atoms with Gasteiger partial charge in [-0.15, -0.1) is 0 Å². The Morgan fingerprint density at radius 1 is 0.929 bits per heavy atom. The van der Waals surface area contributed by atoms with E-state index in [0.29, 0.717) is 0 Å². The van der Waals surface area contributed by atoms with Crippen LogP contribution in [0.5, 0.6) is 0 Å². The van der Waals surface area contributed by atoms with E-state index in [1.54, 1.807) is 11.1 Å². The third-order valence-corrected chi connectivity index (χ3v) is 2.93. The van der Waals surface area contributed by atoms with E-state index in [2.05, 4.69) is 31.2 Å². The fraction of sp³-hybridized carbons (Fsp3) is 0.571.